The number of hydrogen-bond donors (Lipinski definition) is 0. The van der Waals surface area contributed by atoms with E-state index >= 15 is 0 Å². The van der Waals surface area contributed by atoms with Crippen molar-refractivity contribution in [3.8, 4) is 145 Å². The Bertz CT molecular complexity index is 9330. The van der Waals surface area contributed by atoms with E-state index in [-0.39, 0.29) is 0 Å². The molecule has 2 aliphatic carbocycles. The van der Waals surface area contributed by atoms with Crippen molar-refractivity contribution < 1.29 is 0 Å². The number of aromatic nitrogens is 4. The zero-order valence-corrected chi connectivity index (χ0v) is 69.5. The summed E-state index contributed by atoms with van der Waals surface area (Å²) in [6.45, 7) is 0. The van der Waals surface area contributed by atoms with E-state index < -0.39 is 0 Å². The van der Waals surface area contributed by atoms with Crippen LogP contribution in [0.25, 0.3) is 275 Å². The van der Waals surface area contributed by atoms with Gasteiger partial charge in [-0.25, -0.2) is 0 Å². The molecular weight excluding hydrogens is 1550 g/mol. The van der Waals surface area contributed by atoms with Crippen LogP contribution >= 0.6 is 0 Å². The van der Waals surface area contributed by atoms with Crippen LogP contribution in [0.2, 0.25) is 0 Å². The standard InChI is InChI=1S/C124H74N4/c1-3-31-91(32-4-1)125-115-45-17-13-39-99(115)101-57-51-84(74-120(101)125)83-54-62-119-110(71-83)105-59-48-76-24-8-10-38-96(76)124(105)128(119)114-44-16-12-36-94(114)86-28-20-26-78(64-86)80-50-56-98-107(68-80)103-42-22-30-88-66-90(73-112(98)122(88)103)89-65-87-29-21-41-102-106-67-79(49-55-97(106)111(72-89)121(87)102)77-25-19-27-85(63-77)93-35-11-15-43-113(93)127-116-46-18-14-40-100(116)108-69-81(53-61-118(108)127)82-52-60-117-109(70-82)104-58-47-75-23-7-9-37-95(75)123(104)126(117)92-33-5-2-6-34-92/h1-74H. The van der Waals surface area contributed by atoms with Crippen molar-refractivity contribution in [3.05, 3.63) is 449 Å². The zero-order chi connectivity index (χ0) is 83.5. The van der Waals surface area contributed by atoms with Crippen LogP contribution in [0.5, 0.6) is 0 Å². The third-order valence-electron chi connectivity index (χ3n) is 28.1. The van der Waals surface area contributed by atoms with Crippen molar-refractivity contribution in [2.24, 2.45) is 0 Å². The molecule has 4 aromatic heterocycles. The summed E-state index contributed by atoms with van der Waals surface area (Å²) in [6.07, 6.45) is 0. The first kappa shape index (κ1) is 70.6. The highest BCUT2D eigenvalue weighted by Crippen LogP contribution is 2.55. The smallest absolute Gasteiger partial charge is 0.0619 e. The van der Waals surface area contributed by atoms with Gasteiger partial charge in [-0.3, -0.25) is 0 Å². The average Bonchev–Trinajstić information content (AvgIpc) is 1.50. The van der Waals surface area contributed by atoms with Gasteiger partial charge in [0.15, 0.2) is 0 Å². The molecule has 4 nitrogen and oxygen atoms in total. The maximum absolute atomic E-state index is 2.53. The molecule has 0 bridgehead atoms. The van der Waals surface area contributed by atoms with Crippen LogP contribution in [0.3, 0.4) is 0 Å². The molecule has 0 atom stereocenters. The fourth-order valence-electron chi connectivity index (χ4n) is 22.4. The molecular formula is C124H74N4. The lowest BCUT2D eigenvalue weighted by molar-refractivity contribution is 1.18. The van der Waals surface area contributed by atoms with Gasteiger partial charge in [-0.2, -0.15) is 0 Å². The Morgan fingerprint density at radius 2 is 0.469 bits per heavy atom. The summed E-state index contributed by atoms with van der Waals surface area (Å²) in [5.41, 5.74) is 40.9. The lowest BCUT2D eigenvalue weighted by Gasteiger charge is -2.16. The normalized spacial score (nSPS) is 12.2. The molecule has 0 aliphatic heterocycles. The van der Waals surface area contributed by atoms with Crippen LogP contribution in [0.15, 0.2) is 449 Å². The second kappa shape index (κ2) is 27.3. The number of hydrogen-bond acceptors (Lipinski definition) is 0. The summed E-state index contributed by atoms with van der Waals surface area (Å²) in [5.74, 6) is 0. The summed E-state index contributed by atoms with van der Waals surface area (Å²) in [5, 5.41) is 19.9. The quantitative estimate of drug-likeness (QED) is 0.123. The van der Waals surface area contributed by atoms with Crippen molar-refractivity contribution in [1.29, 1.82) is 0 Å². The molecule has 0 fully saturated rings. The zero-order valence-electron chi connectivity index (χ0n) is 69.5. The van der Waals surface area contributed by atoms with Crippen LogP contribution in [0, 0.1) is 0 Å². The summed E-state index contributed by atoms with van der Waals surface area (Å²) >= 11 is 0. The van der Waals surface area contributed by atoms with Crippen LogP contribution in [0.4, 0.5) is 0 Å². The van der Waals surface area contributed by atoms with E-state index in [1.165, 1.54) is 247 Å². The monoisotopic (exact) mass is 1620 g/mol. The minimum absolute atomic E-state index is 1.14. The Morgan fingerprint density at radius 1 is 0.125 bits per heavy atom. The van der Waals surface area contributed by atoms with Gasteiger partial charge in [-0.15, -0.1) is 0 Å². The van der Waals surface area contributed by atoms with E-state index in [9.17, 15) is 0 Å². The van der Waals surface area contributed by atoms with Gasteiger partial charge in [0.1, 0.15) is 0 Å². The van der Waals surface area contributed by atoms with Crippen molar-refractivity contribution in [3.63, 3.8) is 0 Å². The fraction of sp³-hybridized carbons (Fsp3) is 0. The van der Waals surface area contributed by atoms with Gasteiger partial charge in [0.25, 0.3) is 0 Å². The second-order valence-electron chi connectivity index (χ2n) is 34.9. The Hall–Kier alpha value is -16.9. The van der Waals surface area contributed by atoms with Crippen molar-refractivity contribution in [2.75, 3.05) is 0 Å². The number of nitrogens with zero attached hydrogens (tertiary/aromatic N) is 4. The van der Waals surface area contributed by atoms with Crippen LogP contribution in [-0.4, -0.2) is 18.3 Å². The van der Waals surface area contributed by atoms with Crippen molar-refractivity contribution >= 4 is 130 Å². The van der Waals surface area contributed by atoms with Crippen molar-refractivity contribution in [2.45, 2.75) is 0 Å². The molecule has 128 heavy (non-hydrogen) atoms. The summed E-state index contributed by atoms with van der Waals surface area (Å²) < 4.78 is 9.87. The number of para-hydroxylation sites is 6. The predicted octanol–water partition coefficient (Wildman–Crippen LogP) is 33.7. The molecule has 0 saturated heterocycles. The third-order valence-corrected chi connectivity index (χ3v) is 28.1. The van der Waals surface area contributed by atoms with E-state index in [1.54, 1.807) is 0 Å². The first-order valence-corrected chi connectivity index (χ1v) is 44.4. The number of benzene rings is 22. The summed E-state index contributed by atoms with van der Waals surface area (Å²) in [6, 6.07) is 169. The molecule has 28 rings (SSSR count). The molecule has 590 valence electrons. The van der Waals surface area contributed by atoms with Crippen LogP contribution in [0.1, 0.15) is 0 Å². The number of rotatable bonds is 11. The maximum atomic E-state index is 2.53. The molecule has 26 aromatic rings. The Balaban J connectivity index is 0.489. The van der Waals surface area contributed by atoms with E-state index in [2.05, 4.69) is 467 Å². The van der Waals surface area contributed by atoms with E-state index in [0.717, 1.165) is 28.3 Å². The fourth-order valence-corrected chi connectivity index (χ4v) is 22.4. The highest BCUT2D eigenvalue weighted by atomic mass is 15.0. The lowest BCUT2D eigenvalue weighted by atomic mass is 9.92. The van der Waals surface area contributed by atoms with Gasteiger partial charge in [-0.05, 0) is 283 Å². The predicted molar refractivity (Wildman–Crippen MR) is 541 cm³/mol. The highest BCUT2D eigenvalue weighted by molar-refractivity contribution is 6.24. The van der Waals surface area contributed by atoms with E-state index in [0.29, 0.717) is 0 Å². The summed E-state index contributed by atoms with van der Waals surface area (Å²) in [4.78, 5) is 0. The molecule has 0 radical (unpaired) electrons. The third kappa shape index (κ3) is 10.5. The minimum atomic E-state index is 1.14. The SMILES string of the molecule is c1ccc(-n2c3ccccc3c3ccc(-c4ccc5c(c4)c4ccc6ccccc6c4n5-c4ccccc4-c4cccc(-c5ccc6c(c5)-c5cccc7cc(-c8cc9c%10c(cccc%10c8)-c8cc(-c%10cccc(-c%11ccccc%11-n%11c%12ccccc%12c%12cc(-c%13ccc%14c(c%13)c%13ccc%15ccccc%15c%13n%14-c%13ccccc%13)ccc%12%11)c%10)ccc8-9)cc-6c57)c4)cc32)cc1. The molecule has 4 heterocycles. The van der Waals surface area contributed by atoms with Gasteiger partial charge in [0.2, 0.25) is 0 Å². The molecule has 4 heteroatoms. The van der Waals surface area contributed by atoms with Gasteiger partial charge in [0.05, 0.1) is 55.5 Å². The van der Waals surface area contributed by atoms with Crippen LogP contribution < -0.4 is 0 Å². The summed E-state index contributed by atoms with van der Waals surface area (Å²) in [7, 11) is 0. The molecule has 0 spiro atoms. The molecule has 0 amide bonds. The topological polar surface area (TPSA) is 19.7 Å². The first-order chi connectivity index (χ1) is 63.5. The van der Waals surface area contributed by atoms with E-state index in [4.69, 9.17) is 0 Å². The van der Waals surface area contributed by atoms with E-state index in [1.807, 2.05) is 0 Å². The number of fused-ring (bicyclic) bond motifs is 22. The van der Waals surface area contributed by atoms with Crippen molar-refractivity contribution in [1.82, 2.24) is 18.3 Å². The highest BCUT2D eigenvalue weighted by Gasteiger charge is 2.29. The second-order valence-corrected chi connectivity index (χ2v) is 34.9. The first-order valence-electron chi connectivity index (χ1n) is 44.4. The van der Waals surface area contributed by atoms with Gasteiger partial charge in [0, 0.05) is 76.4 Å². The van der Waals surface area contributed by atoms with Gasteiger partial charge >= 0.3 is 0 Å². The largest absolute Gasteiger partial charge is 0.309 e. The van der Waals surface area contributed by atoms with Gasteiger partial charge < -0.3 is 18.3 Å². The molecule has 22 aromatic carbocycles. The molecule has 0 N–H and O–H groups in total. The Labute approximate surface area is 737 Å². The molecule has 0 saturated carbocycles. The Morgan fingerprint density at radius 3 is 1.02 bits per heavy atom. The maximum Gasteiger partial charge on any atom is 0.0619 e. The minimum Gasteiger partial charge on any atom is -0.309 e. The average molecular weight is 1620 g/mol. The Kier molecular flexibility index (Phi) is 15.1. The molecule has 0 unspecified atom stereocenters. The van der Waals surface area contributed by atoms with Crippen LogP contribution in [-0.2, 0) is 0 Å². The molecule has 2 aliphatic rings. The lowest BCUT2D eigenvalue weighted by Crippen LogP contribution is -1.98. The van der Waals surface area contributed by atoms with Gasteiger partial charge in [-0.1, -0.05) is 309 Å².